The highest BCUT2D eigenvalue weighted by molar-refractivity contribution is 5.96. The summed E-state index contributed by atoms with van der Waals surface area (Å²) in [6, 6.07) is 11.9. The van der Waals surface area contributed by atoms with Crippen LogP contribution in [0.5, 0.6) is 0 Å². The highest BCUT2D eigenvalue weighted by Crippen LogP contribution is 2.30. The summed E-state index contributed by atoms with van der Waals surface area (Å²) in [5, 5.41) is 5.40. The highest BCUT2D eigenvalue weighted by Gasteiger charge is 2.39. The number of piperidine rings is 1. The molecule has 250 valence electrons. The number of carbonyl (C=O) groups excluding carboxylic acids is 3. The number of morpholine rings is 1. The van der Waals surface area contributed by atoms with Crippen LogP contribution in [0.3, 0.4) is 0 Å². The minimum atomic E-state index is -4.57. The lowest BCUT2D eigenvalue weighted by Crippen LogP contribution is -2.48. The number of alkyl halides is 3. The highest BCUT2D eigenvalue weighted by atomic mass is 19.4. The molecule has 0 aromatic heterocycles. The minimum Gasteiger partial charge on any atom is -0.378 e. The molecule has 0 saturated carbocycles. The van der Waals surface area contributed by atoms with Crippen molar-refractivity contribution in [2.24, 2.45) is 0 Å². The fourth-order valence-corrected chi connectivity index (χ4v) is 6.29. The van der Waals surface area contributed by atoms with Crippen LogP contribution in [-0.4, -0.2) is 111 Å². The summed E-state index contributed by atoms with van der Waals surface area (Å²) < 4.78 is 50.5. The number of ether oxygens (including phenoxy) is 2. The molecule has 5 rings (SSSR count). The quantitative estimate of drug-likeness (QED) is 0.409. The van der Waals surface area contributed by atoms with E-state index in [-0.39, 0.29) is 30.2 Å². The Morgan fingerprint density at radius 3 is 2.35 bits per heavy atom. The molecule has 10 nitrogen and oxygen atoms in total. The van der Waals surface area contributed by atoms with E-state index in [9.17, 15) is 27.6 Å². The topological polar surface area (TPSA) is 103 Å². The predicted molar refractivity (Wildman–Crippen MR) is 166 cm³/mol. The maximum Gasteiger partial charge on any atom is 0.416 e. The van der Waals surface area contributed by atoms with Crippen molar-refractivity contribution >= 4 is 23.4 Å². The summed E-state index contributed by atoms with van der Waals surface area (Å²) in [6.45, 7) is 7.56. The molecule has 2 N–H and O–H groups in total. The molecule has 3 heterocycles. The first-order chi connectivity index (χ1) is 22.1. The number of nitrogens with zero attached hydrogens (tertiary/aromatic N) is 3. The molecular formula is C33H42F3N5O5. The molecule has 2 atom stereocenters. The van der Waals surface area contributed by atoms with Crippen molar-refractivity contribution in [1.82, 2.24) is 20.4 Å². The third kappa shape index (κ3) is 8.56. The van der Waals surface area contributed by atoms with E-state index in [0.717, 1.165) is 56.2 Å². The number of benzene rings is 2. The smallest absolute Gasteiger partial charge is 0.378 e. The molecule has 3 aliphatic rings. The zero-order valence-electron chi connectivity index (χ0n) is 26.1. The summed E-state index contributed by atoms with van der Waals surface area (Å²) in [6.07, 6.45) is -2.08. The Kier molecular flexibility index (Phi) is 11.2. The third-order valence-electron chi connectivity index (χ3n) is 8.80. The van der Waals surface area contributed by atoms with Crippen LogP contribution in [0.15, 0.2) is 48.5 Å². The van der Waals surface area contributed by atoms with Crippen molar-refractivity contribution < 1.29 is 37.0 Å². The second-order valence-corrected chi connectivity index (χ2v) is 12.0. The third-order valence-corrected chi connectivity index (χ3v) is 8.80. The van der Waals surface area contributed by atoms with Crippen LogP contribution in [0.25, 0.3) is 0 Å². The van der Waals surface area contributed by atoms with Crippen molar-refractivity contribution in [2.45, 2.75) is 50.6 Å². The molecule has 46 heavy (non-hydrogen) atoms. The zero-order chi connectivity index (χ0) is 32.7. The first-order valence-electron chi connectivity index (χ1n) is 15.9. The van der Waals surface area contributed by atoms with E-state index in [1.165, 1.54) is 6.07 Å². The molecule has 0 spiro atoms. The van der Waals surface area contributed by atoms with Crippen LogP contribution in [-0.2, 0) is 20.4 Å². The van der Waals surface area contributed by atoms with Gasteiger partial charge in [0.25, 0.3) is 11.8 Å². The molecule has 0 radical (unpaired) electrons. The van der Waals surface area contributed by atoms with E-state index in [1.54, 1.807) is 0 Å². The van der Waals surface area contributed by atoms with Gasteiger partial charge < -0.3 is 29.9 Å². The van der Waals surface area contributed by atoms with Gasteiger partial charge in [-0.15, -0.1) is 0 Å². The summed E-state index contributed by atoms with van der Waals surface area (Å²) in [5.74, 6) is -1.15. The average molecular weight is 646 g/mol. The monoisotopic (exact) mass is 645 g/mol. The second kappa shape index (κ2) is 15.3. The molecule has 0 bridgehead atoms. The van der Waals surface area contributed by atoms with Crippen molar-refractivity contribution in [2.75, 3.05) is 70.5 Å². The van der Waals surface area contributed by atoms with Crippen LogP contribution in [0, 0.1) is 0 Å². The van der Waals surface area contributed by atoms with Gasteiger partial charge in [-0.25, -0.2) is 0 Å². The zero-order valence-corrected chi connectivity index (χ0v) is 26.1. The number of halogens is 3. The molecule has 2 aromatic carbocycles. The Morgan fingerprint density at radius 1 is 0.957 bits per heavy atom. The number of carbonyl (C=O) groups is 3. The van der Waals surface area contributed by atoms with Crippen molar-refractivity contribution in [3.05, 3.63) is 65.2 Å². The largest absolute Gasteiger partial charge is 0.416 e. The molecule has 2 aromatic rings. The van der Waals surface area contributed by atoms with Gasteiger partial charge in [0.1, 0.15) is 0 Å². The van der Waals surface area contributed by atoms with Gasteiger partial charge in [0.2, 0.25) is 5.91 Å². The lowest BCUT2D eigenvalue weighted by atomic mass is 10.0. The number of hydrogen-bond donors (Lipinski definition) is 2. The van der Waals surface area contributed by atoms with Gasteiger partial charge in [-0.1, -0.05) is 13.0 Å². The van der Waals surface area contributed by atoms with Gasteiger partial charge in [-0.3, -0.25) is 19.3 Å². The molecule has 3 amide bonds. The van der Waals surface area contributed by atoms with E-state index < -0.39 is 23.6 Å². The Balaban J connectivity index is 1.11. The lowest BCUT2D eigenvalue weighted by molar-refractivity contribution is -0.137. The average Bonchev–Trinajstić information content (AvgIpc) is 3.48. The Labute approximate surface area is 267 Å². The molecule has 13 heteroatoms. The molecule has 3 fully saturated rings. The van der Waals surface area contributed by atoms with Gasteiger partial charge in [-0.2, -0.15) is 13.2 Å². The number of anilines is 1. The first-order valence-corrected chi connectivity index (χ1v) is 15.9. The van der Waals surface area contributed by atoms with Crippen LogP contribution >= 0.6 is 0 Å². The summed E-state index contributed by atoms with van der Waals surface area (Å²) in [5.41, 5.74) is 0.674. The number of rotatable bonds is 10. The van der Waals surface area contributed by atoms with Gasteiger partial charge in [0, 0.05) is 68.7 Å². The van der Waals surface area contributed by atoms with Crippen LogP contribution in [0.1, 0.15) is 52.5 Å². The van der Waals surface area contributed by atoms with E-state index in [0.29, 0.717) is 57.6 Å². The van der Waals surface area contributed by atoms with E-state index >= 15 is 0 Å². The van der Waals surface area contributed by atoms with Crippen LogP contribution in [0.2, 0.25) is 0 Å². The van der Waals surface area contributed by atoms with E-state index in [4.69, 9.17) is 9.47 Å². The van der Waals surface area contributed by atoms with Crippen LogP contribution in [0.4, 0.5) is 18.9 Å². The maximum atomic E-state index is 13.0. The summed E-state index contributed by atoms with van der Waals surface area (Å²) in [4.78, 5) is 44.6. The lowest BCUT2D eigenvalue weighted by Gasteiger charge is -2.38. The number of amides is 3. The molecular weight excluding hydrogens is 603 g/mol. The summed E-state index contributed by atoms with van der Waals surface area (Å²) >= 11 is 0. The number of likely N-dealkylation sites (tertiary alicyclic amines) is 1. The van der Waals surface area contributed by atoms with Crippen molar-refractivity contribution in [3.63, 3.8) is 0 Å². The molecule has 2 unspecified atom stereocenters. The van der Waals surface area contributed by atoms with Crippen molar-refractivity contribution in [1.29, 1.82) is 0 Å². The normalized spacial score (nSPS) is 21.3. The number of nitrogens with one attached hydrogen (secondary N) is 2. The Bertz CT molecular complexity index is 1340. The fraction of sp³-hybridized carbons (Fsp3) is 0.545. The van der Waals surface area contributed by atoms with Crippen LogP contribution < -0.4 is 15.5 Å². The summed E-state index contributed by atoms with van der Waals surface area (Å²) in [7, 11) is 0. The molecule has 3 saturated heterocycles. The molecule has 0 aliphatic carbocycles. The standard InChI is InChI=1S/C33H42F3N5O5/c1-2-16-46-29-22-41(21-28(29)38-30(42)20-37-31(43)24-4-3-5-25(19-24)33(34,35)36)27-10-12-39(13-11-27)26-8-6-23(7-9-26)32(44)40-14-17-45-18-15-40/h3-9,19,27-29H,2,10-18,20-22H2,1H3,(H,37,43)(H,38,42). The van der Waals surface area contributed by atoms with E-state index in [2.05, 4.69) is 20.4 Å². The van der Waals surface area contributed by atoms with Gasteiger partial charge in [0.05, 0.1) is 37.5 Å². The first kappa shape index (κ1) is 33.7. The Hall–Kier alpha value is -3.68. The second-order valence-electron chi connectivity index (χ2n) is 12.0. The van der Waals surface area contributed by atoms with Crippen molar-refractivity contribution in [3.8, 4) is 0 Å². The van der Waals surface area contributed by atoms with Gasteiger partial charge >= 0.3 is 6.18 Å². The Morgan fingerprint density at radius 2 is 1.67 bits per heavy atom. The van der Waals surface area contributed by atoms with Gasteiger partial charge in [0.15, 0.2) is 0 Å². The van der Waals surface area contributed by atoms with Gasteiger partial charge in [-0.05, 0) is 61.7 Å². The minimum absolute atomic E-state index is 0.0298. The maximum absolute atomic E-state index is 13.0. The van der Waals surface area contributed by atoms with E-state index in [1.807, 2.05) is 36.1 Å². The predicted octanol–water partition coefficient (Wildman–Crippen LogP) is 3.17. The SMILES string of the molecule is CCCOC1CN(C2CCN(c3ccc(C(=O)N4CCOCC4)cc3)CC2)CC1NC(=O)CNC(=O)c1cccc(C(F)(F)F)c1. The molecule has 3 aliphatic heterocycles. The number of hydrogen-bond acceptors (Lipinski definition) is 7. The fourth-order valence-electron chi connectivity index (χ4n) is 6.29.